The van der Waals surface area contributed by atoms with Crippen molar-refractivity contribution in [1.82, 2.24) is 0 Å². The first kappa shape index (κ1) is 13.1. The van der Waals surface area contributed by atoms with Gasteiger partial charge in [0.25, 0.3) is 0 Å². The van der Waals surface area contributed by atoms with Gasteiger partial charge in [-0.15, -0.1) is 0 Å². The summed E-state index contributed by atoms with van der Waals surface area (Å²) in [5.41, 5.74) is 0.977. The molecular formula is C14H22O2. The molecule has 1 saturated carbocycles. The topological polar surface area (TPSA) is 34.1 Å². The third kappa shape index (κ3) is 3.03. The van der Waals surface area contributed by atoms with Crippen LogP contribution in [0.15, 0.2) is 12.2 Å². The van der Waals surface area contributed by atoms with Crippen molar-refractivity contribution in [3.63, 3.8) is 0 Å². The van der Waals surface area contributed by atoms with Crippen LogP contribution >= 0.6 is 0 Å². The predicted molar refractivity (Wildman–Crippen MR) is 65.1 cm³/mol. The molecule has 0 bridgehead atoms. The van der Waals surface area contributed by atoms with Gasteiger partial charge in [-0.05, 0) is 39.0 Å². The molecule has 0 aliphatic heterocycles. The molecule has 0 saturated heterocycles. The van der Waals surface area contributed by atoms with Gasteiger partial charge in [0.1, 0.15) is 11.6 Å². The molecule has 2 nitrogen and oxygen atoms in total. The van der Waals surface area contributed by atoms with Crippen LogP contribution in [0.2, 0.25) is 0 Å². The zero-order chi connectivity index (χ0) is 12.3. The Kier molecular flexibility index (Phi) is 4.45. The summed E-state index contributed by atoms with van der Waals surface area (Å²) in [6, 6.07) is 0. The fourth-order valence-electron chi connectivity index (χ4n) is 2.59. The van der Waals surface area contributed by atoms with Crippen LogP contribution in [0, 0.1) is 17.8 Å². The van der Waals surface area contributed by atoms with Crippen LogP contribution in [0.4, 0.5) is 0 Å². The number of carbonyl (C=O) groups is 2. The molecule has 3 atom stereocenters. The molecule has 0 aromatic rings. The van der Waals surface area contributed by atoms with E-state index in [2.05, 4.69) is 13.5 Å². The first-order valence-electron chi connectivity index (χ1n) is 6.12. The highest BCUT2D eigenvalue weighted by Gasteiger charge is 2.35. The van der Waals surface area contributed by atoms with Gasteiger partial charge in [0.15, 0.2) is 0 Å². The van der Waals surface area contributed by atoms with Crippen LogP contribution in [-0.2, 0) is 9.59 Å². The first-order valence-corrected chi connectivity index (χ1v) is 6.12. The van der Waals surface area contributed by atoms with Gasteiger partial charge in [-0.1, -0.05) is 19.1 Å². The number of allylic oxidation sites excluding steroid dienone is 1. The number of carbonyl (C=O) groups excluding carboxylic acids is 2. The largest absolute Gasteiger partial charge is 0.300 e. The van der Waals surface area contributed by atoms with Crippen molar-refractivity contribution >= 4 is 11.6 Å². The summed E-state index contributed by atoms with van der Waals surface area (Å²) >= 11 is 0. The second kappa shape index (κ2) is 5.42. The van der Waals surface area contributed by atoms with Gasteiger partial charge in [-0.25, -0.2) is 0 Å². The van der Waals surface area contributed by atoms with Gasteiger partial charge in [0.05, 0.1) is 0 Å². The molecule has 1 aliphatic carbocycles. The van der Waals surface area contributed by atoms with Crippen molar-refractivity contribution in [2.45, 2.75) is 46.5 Å². The van der Waals surface area contributed by atoms with Gasteiger partial charge in [0, 0.05) is 18.3 Å². The highest BCUT2D eigenvalue weighted by molar-refractivity contribution is 5.87. The van der Waals surface area contributed by atoms with Gasteiger partial charge < -0.3 is 4.79 Å². The van der Waals surface area contributed by atoms with Crippen LogP contribution in [0.25, 0.3) is 0 Å². The third-order valence-electron chi connectivity index (χ3n) is 3.71. The summed E-state index contributed by atoms with van der Waals surface area (Å²) in [5, 5.41) is 0. The summed E-state index contributed by atoms with van der Waals surface area (Å²) in [4.78, 5) is 23.2. The number of Topliss-reactive ketones (excluding diaryl/α,β-unsaturated/α-hetero) is 2. The fraction of sp³-hybridized carbons (Fsp3) is 0.714. The average Bonchev–Trinajstić information content (AvgIpc) is 2.16. The maximum atomic E-state index is 12.2. The van der Waals surface area contributed by atoms with E-state index in [0.29, 0.717) is 18.1 Å². The second-order valence-electron chi connectivity index (χ2n) is 5.20. The molecular weight excluding hydrogens is 200 g/mol. The van der Waals surface area contributed by atoms with E-state index in [4.69, 9.17) is 0 Å². The number of ketones is 2. The van der Waals surface area contributed by atoms with Crippen LogP contribution in [0.1, 0.15) is 46.5 Å². The van der Waals surface area contributed by atoms with Gasteiger partial charge >= 0.3 is 0 Å². The normalized spacial score (nSPS) is 30.2. The van der Waals surface area contributed by atoms with Crippen molar-refractivity contribution in [1.29, 1.82) is 0 Å². The molecule has 1 rings (SSSR count). The van der Waals surface area contributed by atoms with E-state index in [0.717, 1.165) is 24.8 Å². The van der Waals surface area contributed by atoms with E-state index >= 15 is 0 Å². The highest BCUT2D eigenvalue weighted by atomic mass is 16.1. The van der Waals surface area contributed by atoms with E-state index in [1.807, 2.05) is 6.92 Å². The lowest BCUT2D eigenvalue weighted by Gasteiger charge is -2.33. The van der Waals surface area contributed by atoms with Gasteiger partial charge in [0.2, 0.25) is 0 Å². The average molecular weight is 222 g/mol. The molecule has 0 spiro atoms. The molecule has 2 heteroatoms. The predicted octanol–water partition coefficient (Wildman–Crippen LogP) is 3.16. The Bertz CT molecular complexity index is 304. The molecule has 1 aliphatic rings. The number of hydrogen-bond acceptors (Lipinski definition) is 2. The Morgan fingerprint density at radius 2 is 2.00 bits per heavy atom. The number of hydrogen-bond donors (Lipinski definition) is 0. The minimum Gasteiger partial charge on any atom is -0.300 e. The molecule has 16 heavy (non-hydrogen) atoms. The third-order valence-corrected chi connectivity index (χ3v) is 3.71. The molecule has 0 heterocycles. The van der Waals surface area contributed by atoms with E-state index in [1.165, 1.54) is 0 Å². The monoisotopic (exact) mass is 222 g/mol. The summed E-state index contributed by atoms with van der Waals surface area (Å²) in [6.45, 7) is 9.54. The minimum absolute atomic E-state index is 0.0353. The maximum absolute atomic E-state index is 12.2. The zero-order valence-electron chi connectivity index (χ0n) is 10.6. The zero-order valence-corrected chi connectivity index (χ0v) is 10.6. The molecule has 0 aromatic carbocycles. The van der Waals surface area contributed by atoms with Crippen LogP contribution in [0.3, 0.4) is 0 Å². The lowest BCUT2D eigenvalue weighted by atomic mass is 9.70. The summed E-state index contributed by atoms with van der Waals surface area (Å²) < 4.78 is 0. The van der Waals surface area contributed by atoms with Crippen molar-refractivity contribution < 1.29 is 9.59 Å². The second-order valence-corrected chi connectivity index (χ2v) is 5.20. The van der Waals surface area contributed by atoms with Crippen LogP contribution in [-0.4, -0.2) is 11.6 Å². The first-order chi connectivity index (χ1) is 7.43. The van der Waals surface area contributed by atoms with Crippen molar-refractivity contribution in [2.24, 2.45) is 17.8 Å². The van der Waals surface area contributed by atoms with Crippen LogP contribution < -0.4 is 0 Å². The van der Waals surface area contributed by atoms with Crippen molar-refractivity contribution in [3.8, 4) is 0 Å². The summed E-state index contributed by atoms with van der Waals surface area (Å²) in [5.74, 6) is 1.01. The lowest BCUT2D eigenvalue weighted by molar-refractivity contribution is -0.130. The maximum Gasteiger partial charge on any atom is 0.143 e. The molecule has 1 fully saturated rings. The molecule has 0 unspecified atom stereocenters. The lowest BCUT2D eigenvalue weighted by Crippen LogP contribution is -2.34. The Morgan fingerprint density at radius 3 is 2.50 bits per heavy atom. The van der Waals surface area contributed by atoms with Crippen molar-refractivity contribution in [2.75, 3.05) is 0 Å². The van der Waals surface area contributed by atoms with Gasteiger partial charge in [-0.3, -0.25) is 4.79 Å². The smallest absolute Gasteiger partial charge is 0.143 e. The molecule has 0 radical (unpaired) electrons. The SMILES string of the molecule is C=C(C)[C@@H]1CC[C@@H](C)[C@H](CCC(C)=O)C1=O. The van der Waals surface area contributed by atoms with E-state index in [-0.39, 0.29) is 17.6 Å². The Hall–Kier alpha value is -0.920. The van der Waals surface area contributed by atoms with E-state index in [9.17, 15) is 9.59 Å². The Labute approximate surface area is 98.1 Å². The van der Waals surface area contributed by atoms with Crippen molar-refractivity contribution in [3.05, 3.63) is 12.2 Å². The summed E-state index contributed by atoms with van der Waals surface area (Å²) in [7, 11) is 0. The quantitative estimate of drug-likeness (QED) is 0.685. The number of rotatable bonds is 4. The van der Waals surface area contributed by atoms with Crippen LogP contribution in [0.5, 0.6) is 0 Å². The van der Waals surface area contributed by atoms with E-state index in [1.54, 1.807) is 6.92 Å². The summed E-state index contributed by atoms with van der Waals surface area (Å²) in [6.07, 6.45) is 3.26. The minimum atomic E-state index is 0.0353. The standard InChI is InChI=1S/C14H22O2/c1-9(2)12-7-5-10(3)13(14(12)16)8-6-11(4)15/h10,12-13H,1,5-8H2,2-4H3/t10-,12+,13+/m1/s1. The Morgan fingerprint density at radius 1 is 1.38 bits per heavy atom. The molecule has 0 N–H and O–H groups in total. The molecule has 0 aromatic heterocycles. The highest BCUT2D eigenvalue weighted by Crippen LogP contribution is 2.36. The molecule has 90 valence electrons. The van der Waals surface area contributed by atoms with E-state index < -0.39 is 0 Å². The Balaban J connectivity index is 2.68. The fourth-order valence-corrected chi connectivity index (χ4v) is 2.59. The molecule has 0 amide bonds. The van der Waals surface area contributed by atoms with Gasteiger partial charge in [-0.2, -0.15) is 0 Å².